The third-order valence-corrected chi connectivity index (χ3v) is 3.77. The molecule has 0 atom stereocenters. The van der Waals surface area contributed by atoms with Crippen LogP contribution in [0.2, 0.25) is 0 Å². The summed E-state index contributed by atoms with van der Waals surface area (Å²) in [6, 6.07) is 5.79. The highest BCUT2D eigenvalue weighted by Gasteiger charge is 2.21. The first-order valence-electron chi connectivity index (χ1n) is 7.67. The van der Waals surface area contributed by atoms with E-state index in [1.807, 2.05) is 24.4 Å². The highest BCUT2D eigenvalue weighted by molar-refractivity contribution is 5.95. The molecule has 3 heterocycles. The van der Waals surface area contributed by atoms with Gasteiger partial charge in [-0.1, -0.05) is 6.07 Å². The van der Waals surface area contributed by atoms with E-state index >= 15 is 0 Å². The van der Waals surface area contributed by atoms with E-state index in [0.717, 1.165) is 34.5 Å². The van der Waals surface area contributed by atoms with Crippen molar-refractivity contribution in [1.29, 1.82) is 0 Å². The molecule has 0 aliphatic heterocycles. The maximum absolute atomic E-state index is 12.9. The molecule has 0 fully saturated rings. The van der Waals surface area contributed by atoms with Crippen LogP contribution in [0.5, 0.6) is 0 Å². The van der Waals surface area contributed by atoms with Crippen molar-refractivity contribution < 1.29 is 8.78 Å². The number of H-pyrrole nitrogens is 1. The van der Waals surface area contributed by atoms with Crippen LogP contribution in [-0.2, 0) is 0 Å². The fourth-order valence-corrected chi connectivity index (χ4v) is 2.60. The molecule has 0 bridgehead atoms. The lowest BCUT2D eigenvalue weighted by Crippen LogP contribution is -2.23. The molecule has 0 unspecified atom stereocenters. The highest BCUT2D eigenvalue weighted by Crippen LogP contribution is 2.29. The molecule has 0 amide bonds. The van der Waals surface area contributed by atoms with Crippen LogP contribution in [0.25, 0.3) is 33.2 Å². The van der Waals surface area contributed by atoms with Crippen LogP contribution in [0.4, 0.5) is 14.7 Å². The van der Waals surface area contributed by atoms with Gasteiger partial charge < -0.3 is 10.3 Å². The van der Waals surface area contributed by atoms with E-state index in [1.165, 1.54) is 0 Å². The Hall–Kier alpha value is -3.16. The third-order valence-electron chi connectivity index (χ3n) is 3.77. The van der Waals surface area contributed by atoms with Crippen LogP contribution in [0.1, 0.15) is 6.92 Å². The van der Waals surface area contributed by atoms with Crippen molar-refractivity contribution in [1.82, 2.24) is 24.9 Å². The minimum absolute atomic E-state index is 0.159. The fraction of sp³-hybridized carbons (Fsp3) is 0.176. The zero-order chi connectivity index (χ0) is 17.4. The summed E-state index contributed by atoms with van der Waals surface area (Å²) in [5.41, 5.74) is 4.04. The number of aromatic nitrogens is 5. The lowest BCUT2D eigenvalue weighted by atomic mass is 10.1. The molecule has 3 aromatic heterocycles. The maximum Gasteiger partial charge on any atom is 0.262 e. The van der Waals surface area contributed by atoms with Gasteiger partial charge in [0.25, 0.3) is 5.92 Å². The van der Waals surface area contributed by atoms with Crippen LogP contribution in [0.15, 0.2) is 43.0 Å². The lowest BCUT2D eigenvalue weighted by molar-refractivity contribution is 0.0366. The molecule has 25 heavy (non-hydrogen) atoms. The zero-order valence-corrected chi connectivity index (χ0v) is 13.3. The van der Waals surface area contributed by atoms with Gasteiger partial charge >= 0.3 is 0 Å². The van der Waals surface area contributed by atoms with Crippen LogP contribution < -0.4 is 5.32 Å². The molecule has 4 aromatic rings. The first kappa shape index (κ1) is 15.4. The van der Waals surface area contributed by atoms with E-state index in [1.54, 1.807) is 18.6 Å². The number of aromatic amines is 1. The molecule has 0 aliphatic rings. The van der Waals surface area contributed by atoms with E-state index in [0.29, 0.717) is 5.65 Å². The van der Waals surface area contributed by atoms with Crippen molar-refractivity contribution in [3.05, 3.63) is 43.0 Å². The van der Waals surface area contributed by atoms with Crippen LogP contribution >= 0.6 is 0 Å². The quantitative estimate of drug-likeness (QED) is 0.593. The number of hydrogen-bond acceptors (Lipinski definition) is 5. The Bertz CT molecular complexity index is 1050. The van der Waals surface area contributed by atoms with Gasteiger partial charge in [-0.05, 0) is 17.7 Å². The smallest absolute Gasteiger partial charge is 0.262 e. The molecule has 2 N–H and O–H groups in total. The molecule has 0 saturated carbocycles. The van der Waals surface area contributed by atoms with Gasteiger partial charge in [-0.2, -0.15) is 4.98 Å². The molecular formula is C17H14F2N6. The second kappa shape index (κ2) is 5.73. The zero-order valence-electron chi connectivity index (χ0n) is 13.3. The topological polar surface area (TPSA) is 79.4 Å². The van der Waals surface area contributed by atoms with Gasteiger partial charge in [-0.15, -0.1) is 0 Å². The fourth-order valence-electron chi connectivity index (χ4n) is 2.60. The summed E-state index contributed by atoms with van der Waals surface area (Å²) in [6.07, 6.45) is 6.72. The summed E-state index contributed by atoms with van der Waals surface area (Å²) in [6.45, 7) is 0.323. The van der Waals surface area contributed by atoms with Crippen LogP contribution in [0, 0.1) is 0 Å². The van der Waals surface area contributed by atoms with E-state index in [-0.39, 0.29) is 5.95 Å². The number of alkyl halides is 2. The van der Waals surface area contributed by atoms with E-state index < -0.39 is 12.5 Å². The number of rotatable bonds is 4. The van der Waals surface area contributed by atoms with Crippen LogP contribution in [-0.4, -0.2) is 37.4 Å². The van der Waals surface area contributed by atoms with Crippen molar-refractivity contribution in [2.75, 3.05) is 11.9 Å². The van der Waals surface area contributed by atoms with Crippen molar-refractivity contribution in [3.63, 3.8) is 0 Å². The van der Waals surface area contributed by atoms with Gasteiger partial charge in [0, 0.05) is 42.7 Å². The van der Waals surface area contributed by atoms with Crippen LogP contribution in [0.3, 0.4) is 0 Å². The molecule has 0 aliphatic carbocycles. The van der Waals surface area contributed by atoms with E-state index in [2.05, 4.69) is 30.2 Å². The number of hydrogen-bond donors (Lipinski definition) is 2. The second-order valence-corrected chi connectivity index (χ2v) is 5.84. The lowest BCUT2D eigenvalue weighted by Gasteiger charge is -2.10. The molecule has 0 radical (unpaired) electrons. The maximum atomic E-state index is 12.9. The standard InChI is InChI=1S/C17H14F2N6/c1-17(18,19)9-24-16-23-8-12-11(7-22-15(12)25-16)10-2-3-13-14(6-10)21-5-4-20-13/h2-8H,9H2,1H3,(H2,22,23,24,25). The summed E-state index contributed by atoms with van der Waals surface area (Å²) in [7, 11) is 0. The molecular weight excluding hydrogens is 326 g/mol. The highest BCUT2D eigenvalue weighted by atomic mass is 19.3. The molecule has 1 aromatic carbocycles. The van der Waals surface area contributed by atoms with E-state index in [4.69, 9.17) is 0 Å². The predicted octanol–water partition coefficient (Wildman–Crippen LogP) is 3.64. The summed E-state index contributed by atoms with van der Waals surface area (Å²) in [4.78, 5) is 20.0. The van der Waals surface area contributed by atoms with Gasteiger partial charge in [0.1, 0.15) is 5.65 Å². The predicted molar refractivity (Wildman–Crippen MR) is 91.5 cm³/mol. The Balaban J connectivity index is 1.70. The third kappa shape index (κ3) is 3.10. The first-order valence-corrected chi connectivity index (χ1v) is 7.67. The van der Waals surface area contributed by atoms with Crippen molar-refractivity contribution in [3.8, 4) is 11.1 Å². The second-order valence-electron chi connectivity index (χ2n) is 5.84. The Kier molecular flexibility index (Phi) is 3.52. The first-order chi connectivity index (χ1) is 12.0. The number of anilines is 1. The van der Waals surface area contributed by atoms with E-state index in [9.17, 15) is 8.78 Å². The Morgan fingerprint density at radius 1 is 1.12 bits per heavy atom. The summed E-state index contributed by atoms with van der Waals surface area (Å²) >= 11 is 0. The molecule has 4 rings (SSSR count). The number of halogens is 2. The number of benzene rings is 1. The SMILES string of the molecule is CC(F)(F)CNc1ncc2c(-c3ccc4nccnc4c3)c[nH]c2n1. The number of fused-ring (bicyclic) bond motifs is 2. The average molecular weight is 340 g/mol. The summed E-state index contributed by atoms with van der Waals surface area (Å²) < 4.78 is 25.9. The number of nitrogens with zero attached hydrogens (tertiary/aromatic N) is 4. The van der Waals surface area contributed by atoms with Crippen molar-refractivity contribution in [2.24, 2.45) is 0 Å². The van der Waals surface area contributed by atoms with Crippen molar-refractivity contribution in [2.45, 2.75) is 12.8 Å². The molecule has 0 spiro atoms. The van der Waals surface area contributed by atoms with Gasteiger partial charge in [0.15, 0.2) is 0 Å². The summed E-state index contributed by atoms with van der Waals surface area (Å²) in [5.74, 6) is -2.67. The van der Waals surface area contributed by atoms with Crippen molar-refractivity contribution >= 4 is 28.0 Å². The van der Waals surface area contributed by atoms with Gasteiger partial charge in [0.2, 0.25) is 5.95 Å². The van der Waals surface area contributed by atoms with Gasteiger partial charge in [-0.3, -0.25) is 9.97 Å². The monoisotopic (exact) mass is 340 g/mol. The molecule has 0 saturated heterocycles. The molecule has 8 heteroatoms. The summed E-state index contributed by atoms with van der Waals surface area (Å²) in [5, 5.41) is 3.34. The Morgan fingerprint density at radius 2 is 1.92 bits per heavy atom. The minimum atomic E-state index is -2.83. The van der Waals surface area contributed by atoms with Gasteiger partial charge in [-0.25, -0.2) is 13.8 Å². The molecule has 126 valence electrons. The Morgan fingerprint density at radius 3 is 2.72 bits per heavy atom. The van der Waals surface area contributed by atoms with Gasteiger partial charge in [0.05, 0.1) is 17.6 Å². The molecule has 6 nitrogen and oxygen atoms in total. The largest absolute Gasteiger partial charge is 0.348 e. The minimum Gasteiger partial charge on any atom is -0.348 e. The average Bonchev–Trinajstić information content (AvgIpc) is 3.02. The normalized spacial score (nSPS) is 12.0. The number of nitrogens with one attached hydrogen (secondary N) is 2. The Labute approximate surface area is 141 Å².